The Labute approximate surface area is 143 Å². The van der Waals surface area contributed by atoms with Gasteiger partial charge in [0, 0.05) is 63.8 Å². The van der Waals surface area contributed by atoms with E-state index in [2.05, 4.69) is 39.5 Å². The summed E-state index contributed by atoms with van der Waals surface area (Å²) in [4.78, 5) is 20.6. The SMILES string of the molecule is O=C(CCNCc1ccncc1)N1CCN(c2ccccc2)CC1. The van der Waals surface area contributed by atoms with Crippen LogP contribution in [0.25, 0.3) is 0 Å². The minimum absolute atomic E-state index is 0.241. The third-order valence-corrected chi connectivity index (χ3v) is 4.35. The van der Waals surface area contributed by atoms with Gasteiger partial charge in [0.1, 0.15) is 0 Å². The van der Waals surface area contributed by atoms with Crippen molar-refractivity contribution in [3.8, 4) is 0 Å². The summed E-state index contributed by atoms with van der Waals surface area (Å²) in [5.74, 6) is 0.241. The molecule has 1 aliphatic rings. The van der Waals surface area contributed by atoms with Gasteiger partial charge in [-0.15, -0.1) is 0 Å². The van der Waals surface area contributed by atoms with Gasteiger partial charge in [-0.1, -0.05) is 18.2 Å². The van der Waals surface area contributed by atoms with Gasteiger partial charge >= 0.3 is 0 Å². The molecule has 5 nitrogen and oxygen atoms in total. The molecule has 0 atom stereocenters. The Morgan fingerprint density at radius 1 is 1.00 bits per heavy atom. The molecule has 1 aromatic carbocycles. The average Bonchev–Trinajstić information content (AvgIpc) is 2.67. The molecule has 2 heterocycles. The van der Waals surface area contributed by atoms with Crippen molar-refractivity contribution in [3.63, 3.8) is 0 Å². The van der Waals surface area contributed by atoms with Crippen LogP contribution < -0.4 is 10.2 Å². The Hall–Kier alpha value is -2.40. The summed E-state index contributed by atoms with van der Waals surface area (Å²) in [5, 5.41) is 3.32. The second kappa shape index (κ2) is 8.45. The first-order chi connectivity index (χ1) is 11.8. The topological polar surface area (TPSA) is 48.5 Å². The highest BCUT2D eigenvalue weighted by atomic mass is 16.2. The number of piperazine rings is 1. The van der Waals surface area contributed by atoms with E-state index in [1.165, 1.54) is 11.3 Å². The number of hydrogen-bond acceptors (Lipinski definition) is 4. The van der Waals surface area contributed by atoms with Crippen molar-refractivity contribution in [1.82, 2.24) is 15.2 Å². The Kier molecular flexibility index (Phi) is 5.80. The van der Waals surface area contributed by atoms with E-state index in [4.69, 9.17) is 0 Å². The minimum Gasteiger partial charge on any atom is -0.368 e. The van der Waals surface area contributed by atoms with Crippen LogP contribution in [0.5, 0.6) is 0 Å². The van der Waals surface area contributed by atoms with Gasteiger partial charge < -0.3 is 15.1 Å². The molecule has 0 aliphatic carbocycles. The number of nitrogens with zero attached hydrogens (tertiary/aromatic N) is 3. The molecule has 1 N–H and O–H groups in total. The molecule has 0 spiro atoms. The van der Waals surface area contributed by atoms with Crippen LogP contribution in [0.2, 0.25) is 0 Å². The summed E-state index contributed by atoms with van der Waals surface area (Å²) in [6.07, 6.45) is 4.12. The number of para-hydroxylation sites is 1. The molecule has 1 amide bonds. The standard InChI is InChI=1S/C19H24N4O/c24-19(8-11-21-16-17-6-9-20-10-7-17)23-14-12-22(13-15-23)18-4-2-1-3-5-18/h1-7,9-10,21H,8,11-16H2. The van der Waals surface area contributed by atoms with E-state index >= 15 is 0 Å². The molecular weight excluding hydrogens is 300 g/mol. The number of anilines is 1. The van der Waals surface area contributed by atoms with Gasteiger partial charge in [-0.2, -0.15) is 0 Å². The molecule has 0 radical (unpaired) electrons. The fourth-order valence-corrected chi connectivity index (χ4v) is 2.94. The van der Waals surface area contributed by atoms with Crippen molar-refractivity contribution in [2.24, 2.45) is 0 Å². The van der Waals surface area contributed by atoms with Crippen LogP contribution in [0, 0.1) is 0 Å². The number of hydrogen-bond donors (Lipinski definition) is 1. The van der Waals surface area contributed by atoms with E-state index in [9.17, 15) is 4.79 Å². The lowest BCUT2D eigenvalue weighted by Crippen LogP contribution is -2.49. The van der Waals surface area contributed by atoms with Gasteiger partial charge in [0.05, 0.1) is 0 Å². The summed E-state index contributed by atoms with van der Waals surface area (Å²) in [7, 11) is 0. The molecule has 0 bridgehead atoms. The molecule has 0 saturated carbocycles. The van der Waals surface area contributed by atoms with Gasteiger partial charge in [0.25, 0.3) is 0 Å². The number of rotatable bonds is 6. The number of carbonyl (C=O) groups excluding carboxylic acids is 1. The van der Waals surface area contributed by atoms with E-state index in [0.29, 0.717) is 13.0 Å². The van der Waals surface area contributed by atoms with Crippen LogP contribution >= 0.6 is 0 Å². The van der Waals surface area contributed by atoms with E-state index in [1.54, 1.807) is 12.4 Å². The number of aromatic nitrogens is 1. The molecule has 24 heavy (non-hydrogen) atoms. The van der Waals surface area contributed by atoms with Gasteiger partial charge in [-0.25, -0.2) is 0 Å². The predicted octanol–water partition coefficient (Wildman–Crippen LogP) is 1.91. The quantitative estimate of drug-likeness (QED) is 0.825. The maximum absolute atomic E-state index is 12.3. The van der Waals surface area contributed by atoms with Crippen LogP contribution in [0.15, 0.2) is 54.9 Å². The Balaban J connectivity index is 1.36. The van der Waals surface area contributed by atoms with Crippen LogP contribution in [-0.2, 0) is 11.3 Å². The highest BCUT2D eigenvalue weighted by Crippen LogP contribution is 2.15. The lowest BCUT2D eigenvalue weighted by atomic mass is 10.2. The molecule has 1 fully saturated rings. The third-order valence-electron chi connectivity index (χ3n) is 4.35. The molecule has 3 rings (SSSR count). The largest absolute Gasteiger partial charge is 0.368 e. The number of benzene rings is 1. The normalized spacial score (nSPS) is 14.7. The van der Waals surface area contributed by atoms with E-state index in [1.807, 2.05) is 23.1 Å². The second-order valence-electron chi connectivity index (χ2n) is 5.99. The Bertz CT molecular complexity index is 624. The number of nitrogens with one attached hydrogen (secondary N) is 1. The van der Waals surface area contributed by atoms with Crippen molar-refractivity contribution < 1.29 is 4.79 Å². The maximum atomic E-state index is 12.3. The van der Waals surface area contributed by atoms with E-state index in [-0.39, 0.29) is 5.91 Å². The summed E-state index contributed by atoms with van der Waals surface area (Å²) >= 11 is 0. The molecule has 5 heteroatoms. The van der Waals surface area contributed by atoms with Gasteiger partial charge in [0.2, 0.25) is 5.91 Å². The summed E-state index contributed by atoms with van der Waals surface area (Å²) < 4.78 is 0. The highest BCUT2D eigenvalue weighted by Gasteiger charge is 2.20. The second-order valence-corrected chi connectivity index (χ2v) is 5.99. The van der Waals surface area contributed by atoms with E-state index < -0.39 is 0 Å². The highest BCUT2D eigenvalue weighted by molar-refractivity contribution is 5.76. The van der Waals surface area contributed by atoms with Crippen LogP contribution in [0.3, 0.4) is 0 Å². The van der Waals surface area contributed by atoms with Crippen LogP contribution in [-0.4, -0.2) is 48.5 Å². The van der Waals surface area contributed by atoms with E-state index in [0.717, 1.165) is 32.7 Å². The first-order valence-corrected chi connectivity index (χ1v) is 8.50. The molecule has 126 valence electrons. The van der Waals surface area contributed by atoms with Crippen molar-refractivity contribution in [3.05, 3.63) is 60.4 Å². The Morgan fingerprint density at radius 2 is 1.71 bits per heavy atom. The maximum Gasteiger partial charge on any atom is 0.223 e. The van der Waals surface area contributed by atoms with Crippen molar-refractivity contribution in [2.45, 2.75) is 13.0 Å². The number of amides is 1. The average molecular weight is 324 g/mol. The zero-order valence-corrected chi connectivity index (χ0v) is 13.9. The van der Waals surface area contributed by atoms with Crippen LogP contribution in [0.1, 0.15) is 12.0 Å². The van der Waals surface area contributed by atoms with Crippen molar-refractivity contribution in [1.29, 1.82) is 0 Å². The summed E-state index contributed by atoms with van der Waals surface area (Å²) in [6, 6.07) is 14.4. The molecule has 0 unspecified atom stereocenters. The smallest absolute Gasteiger partial charge is 0.223 e. The monoisotopic (exact) mass is 324 g/mol. The zero-order chi connectivity index (χ0) is 16.6. The first kappa shape index (κ1) is 16.5. The van der Waals surface area contributed by atoms with Crippen molar-refractivity contribution >= 4 is 11.6 Å². The predicted molar refractivity (Wildman–Crippen MR) is 95.8 cm³/mol. The van der Waals surface area contributed by atoms with Crippen LogP contribution in [0.4, 0.5) is 5.69 Å². The molecule has 1 saturated heterocycles. The molecule has 2 aromatic rings. The fourth-order valence-electron chi connectivity index (χ4n) is 2.94. The lowest BCUT2D eigenvalue weighted by molar-refractivity contribution is -0.131. The number of pyridine rings is 1. The zero-order valence-electron chi connectivity index (χ0n) is 13.9. The molecule has 1 aromatic heterocycles. The Morgan fingerprint density at radius 3 is 2.42 bits per heavy atom. The minimum atomic E-state index is 0.241. The molecule has 1 aliphatic heterocycles. The van der Waals surface area contributed by atoms with Crippen molar-refractivity contribution in [2.75, 3.05) is 37.6 Å². The first-order valence-electron chi connectivity index (χ1n) is 8.50. The van der Waals surface area contributed by atoms with Gasteiger partial charge in [-0.05, 0) is 29.8 Å². The van der Waals surface area contributed by atoms with Gasteiger partial charge in [-0.3, -0.25) is 9.78 Å². The fraction of sp³-hybridized carbons (Fsp3) is 0.368. The third kappa shape index (κ3) is 4.55. The molecular formula is C19H24N4O. The van der Waals surface area contributed by atoms with Gasteiger partial charge in [0.15, 0.2) is 0 Å². The summed E-state index contributed by atoms with van der Waals surface area (Å²) in [5.41, 5.74) is 2.43. The summed E-state index contributed by atoms with van der Waals surface area (Å²) in [6.45, 7) is 4.90. The lowest BCUT2D eigenvalue weighted by Gasteiger charge is -2.36. The number of carbonyl (C=O) groups is 1.